The Kier molecular flexibility index (Phi) is 9.36. The molecular weight excluding hydrogens is 426 g/mol. The maximum atomic E-state index is 12.0. The Morgan fingerprint density at radius 1 is 1.16 bits per heavy atom. The number of piperidine rings is 1. The van der Waals surface area contributed by atoms with E-state index in [2.05, 4.69) is 21.6 Å². The first-order chi connectivity index (χ1) is 15.4. The second-order valence-electron chi connectivity index (χ2n) is 8.60. The lowest BCUT2D eigenvalue weighted by Crippen LogP contribution is -2.43. The zero-order chi connectivity index (χ0) is 22.9. The van der Waals surface area contributed by atoms with E-state index in [0.29, 0.717) is 30.4 Å². The number of carbonyl (C=O) groups is 1. The number of nitrogens with zero attached hydrogens (tertiary/aromatic N) is 1. The number of ether oxygens (including phenoxy) is 1. The Bertz CT molecular complexity index is 869. The van der Waals surface area contributed by atoms with Gasteiger partial charge in [0.1, 0.15) is 5.75 Å². The summed E-state index contributed by atoms with van der Waals surface area (Å²) in [7, 11) is 0. The van der Waals surface area contributed by atoms with E-state index in [1.807, 2.05) is 44.2 Å². The van der Waals surface area contributed by atoms with E-state index in [1.54, 1.807) is 12.1 Å². The third kappa shape index (κ3) is 7.48. The standard InChI is InChI=1S/C25H34ClN3O3/c1-18(2)25(31)28-22-9-5-6-10-23(22)32-24(30)11-14-27-20-12-15-29(16-13-20)17-19-7-3-4-8-21(19)26/h3-10,18,20,24,27,30H,11-17H2,1-2H3,(H,28,31). The molecule has 0 radical (unpaired) electrons. The number of benzene rings is 2. The molecule has 174 valence electrons. The molecule has 1 amide bonds. The molecule has 1 fully saturated rings. The first-order valence-corrected chi connectivity index (χ1v) is 11.7. The normalized spacial score (nSPS) is 16.2. The van der Waals surface area contributed by atoms with Gasteiger partial charge in [-0.05, 0) is 49.7 Å². The Morgan fingerprint density at radius 3 is 2.56 bits per heavy atom. The van der Waals surface area contributed by atoms with Gasteiger partial charge in [-0.3, -0.25) is 9.69 Å². The topological polar surface area (TPSA) is 73.8 Å². The minimum atomic E-state index is -0.945. The minimum Gasteiger partial charge on any atom is -0.463 e. The van der Waals surface area contributed by atoms with Crippen LogP contribution in [-0.2, 0) is 11.3 Å². The number of amides is 1. The molecule has 6 nitrogen and oxygen atoms in total. The molecule has 1 atom stereocenters. The summed E-state index contributed by atoms with van der Waals surface area (Å²) in [5, 5.41) is 17.5. The smallest absolute Gasteiger partial charge is 0.227 e. The summed E-state index contributed by atoms with van der Waals surface area (Å²) in [6, 6.07) is 15.6. The minimum absolute atomic E-state index is 0.0851. The van der Waals surface area contributed by atoms with Gasteiger partial charge in [-0.25, -0.2) is 0 Å². The number of aliphatic hydroxyl groups excluding tert-OH is 1. The van der Waals surface area contributed by atoms with E-state index in [4.69, 9.17) is 16.3 Å². The molecule has 2 aromatic carbocycles. The fourth-order valence-electron chi connectivity index (χ4n) is 3.73. The van der Waals surface area contributed by atoms with E-state index < -0.39 is 6.29 Å². The van der Waals surface area contributed by atoms with E-state index in [-0.39, 0.29) is 11.8 Å². The molecule has 2 aromatic rings. The molecule has 0 bridgehead atoms. The highest BCUT2D eigenvalue weighted by Gasteiger charge is 2.20. The number of halogens is 1. The van der Waals surface area contributed by atoms with E-state index >= 15 is 0 Å². The molecule has 1 saturated heterocycles. The Balaban J connectivity index is 1.38. The average molecular weight is 460 g/mol. The lowest BCUT2D eigenvalue weighted by molar-refractivity contribution is -0.118. The Morgan fingerprint density at radius 2 is 1.84 bits per heavy atom. The van der Waals surface area contributed by atoms with Gasteiger partial charge in [0, 0.05) is 36.5 Å². The van der Waals surface area contributed by atoms with E-state index in [1.165, 1.54) is 5.56 Å². The van der Waals surface area contributed by atoms with Gasteiger partial charge < -0.3 is 20.5 Å². The molecule has 3 N–H and O–H groups in total. The molecule has 1 aliphatic rings. The predicted molar refractivity (Wildman–Crippen MR) is 129 cm³/mol. The number of aliphatic hydroxyl groups is 1. The van der Waals surface area contributed by atoms with Gasteiger partial charge in [-0.15, -0.1) is 0 Å². The SMILES string of the molecule is CC(C)C(=O)Nc1ccccc1OC(O)CCNC1CCN(Cc2ccccc2Cl)CC1. The molecule has 1 aliphatic heterocycles. The number of carbonyl (C=O) groups excluding carboxylic acids is 1. The van der Waals surface area contributed by atoms with Crippen molar-refractivity contribution in [2.24, 2.45) is 5.92 Å². The van der Waals surface area contributed by atoms with E-state index in [9.17, 15) is 9.90 Å². The van der Waals surface area contributed by atoms with Gasteiger partial charge >= 0.3 is 0 Å². The molecule has 3 rings (SSSR count). The Labute approximate surface area is 195 Å². The lowest BCUT2D eigenvalue weighted by atomic mass is 10.0. The van der Waals surface area contributed by atoms with Crippen LogP contribution in [0.4, 0.5) is 5.69 Å². The van der Waals surface area contributed by atoms with Crippen LogP contribution in [0.3, 0.4) is 0 Å². The molecule has 0 aliphatic carbocycles. The summed E-state index contributed by atoms with van der Waals surface area (Å²) in [5.41, 5.74) is 1.75. The zero-order valence-electron chi connectivity index (χ0n) is 18.9. The average Bonchev–Trinajstić information content (AvgIpc) is 2.78. The highest BCUT2D eigenvalue weighted by molar-refractivity contribution is 6.31. The number of rotatable bonds is 10. The zero-order valence-corrected chi connectivity index (χ0v) is 19.6. The van der Waals surface area contributed by atoms with Gasteiger partial charge in [0.25, 0.3) is 0 Å². The van der Waals surface area contributed by atoms with Gasteiger partial charge in [0.2, 0.25) is 5.91 Å². The van der Waals surface area contributed by atoms with Crippen LogP contribution in [0.1, 0.15) is 38.7 Å². The third-order valence-electron chi connectivity index (χ3n) is 5.70. The number of para-hydroxylation sites is 2. The third-order valence-corrected chi connectivity index (χ3v) is 6.06. The number of nitrogens with one attached hydrogen (secondary N) is 2. The Hall–Kier alpha value is -2.12. The van der Waals surface area contributed by atoms with Crippen LogP contribution >= 0.6 is 11.6 Å². The van der Waals surface area contributed by atoms with Crippen molar-refractivity contribution in [3.8, 4) is 5.75 Å². The van der Waals surface area contributed by atoms with Crippen molar-refractivity contribution in [2.45, 2.75) is 52.0 Å². The van der Waals surface area contributed by atoms with Crippen molar-refractivity contribution in [2.75, 3.05) is 25.0 Å². The molecule has 0 saturated carbocycles. The number of hydrogen-bond donors (Lipinski definition) is 3. The van der Waals surface area contributed by atoms with Crippen molar-refractivity contribution in [1.82, 2.24) is 10.2 Å². The van der Waals surface area contributed by atoms with Crippen LogP contribution in [0.5, 0.6) is 5.75 Å². The number of hydrogen-bond acceptors (Lipinski definition) is 5. The van der Waals surface area contributed by atoms with Crippen LogP contribution < -0.4 is 15.4 Å². The molecule has 1 unspecified atom stereocenters. The van der Waals surface area contributed by atoms with E-state index in [0.717, 1.165) is 37.5 Å². The van der Waals surface area contributed by atoms with Crippen molar-refractivity contribution in [3.63, 3.8) is 0 Å². The molecule has 0 spiro atoms. The highest BCUT2D eigenvalue weighted by Crippen LogP contribution is 2.25. The number of likely N-dealkylation sites (tertiary alicyclic amines) is 1. The first kappa shape index (κ1) is 24.5. The summed E-state index contributed by atoms with van der Waals surface area (Å²) in [5.74, 6) is 0.258. The monoisotopic (exact) mass is 459 g/mol. The van der Waals surface area contributed by atoms with Crippen molar-refractivity contribution < 1.29 is 14.6 Å². The summed E-state index contributed by atoms with van der Waals surface area (Å²) >= 11 is 6.28. The largest absolute Gasteiger partial charge is 0.463 e. The molecule has 7 heteroatoms. The van der Waals surface area contributed by atoms with Gasteiger partial charge in [0.05, 0.1) is 5.69 Å². The molecule has 0 aromatic heterocycles. The maximum Gasteiger partial charge on any atom is 0.227 e. The summed E-state index contributed by atoms with van der Waals surface area (Å²) < 4.78 is 5.69. The van der Waals surface area contributed by atoms with Crippen molar-refractivity contribution >= 4 is 23.2 Å². The second kappa shape index (κ2) is 12.2. The van der Waals surface area contributed by atoms with Gasteiger partial charge in [0.15, 0.2) is 6.29 Å². The number of anilines is 1. The van der Waals surface area contributed by atoms with Crippen LogP contribution in [0.25, 0.3) is 0 Å². The highest BCUT2D eigenvalue weighted by atomic mass is 35.5. The quantitative estimate of drug-likeness (QED) is 0.462. The van der Waals surface area contributed by atoms with Crippen LogP contribution in [-0.4, -0.2) is 47.9 Å². The van der Waals surface area contributed by atoms with Gasteiger partial charge in [-0.1, -0.05) is 55.8 Å². The lowest BCUT2D eigenvalue weighted by Gasteiger charge is -2.32. The van der Waals surface area contributed by atoms with Crippen molar-refractivity contribution in [1.29, 1.82) is 0 Å². The fraction of sp³-hybridized carbons (Fsp3) is 0.480. The molecule has 32 heavy (non-hydrogen) atoms. The molecular formula is C25H34ClN3O3. The van der Waals surface area contributed by atoms with Crippen LogP contribution in [0.2, 0.25) is 5.02 Å². The fourth-order valence-corrected chi connectivity index (χ4v) is 3.92. The first-order valence-electron chi connectivity index (χ1n) is 11.4. The predicted octanol–water partition coefficient (Wildman–Crippen LogP) is 4.28. The second-order valence-corrected chi connectivity index (χ2v) is 9.00. The summed E-state index contributed by atoms with van der Waals surface area (Å²) in [6.07, 6.45) is 1.64. The van der Waals surface area contributed by atoms with Crippen LogP contribution in [0, 0.1) is 5.92 Å². The molecule has 1 heterocycles. The summed E-state index contributed by atoms with van der Waals surface area (Å²) in [6.45, 7) is 7.25. The van der Waals surface area contributed by atoms with Crippen LogP contribution in [0.15, 0.2) is 48.5 Å². The van der Waals surface area contributed by atoms with Gasteiger partial charge in [-0.2, -0.15) is 0 Å². The summed E-state index contributed by atoms with van der Waals surface area (Å²) in [4.78, 5) is 14.4. The maximum absolute atomic E-state index is 12.0. The van der Waals surface area contributed by atoms with Crippen molar-refractivity contribution in [3.05, 3.63) is 59.1 Å².